The number of nitrogens with one attached hydrogen (secondary N) is 1. The summed E-state index contributed by atoms with van der Waals surface area (Å²) in [5.41, 5.74) is 1.02. The molecule has 0 fully saturated rings. The summed E-state index contributed by atoms with van der Waals surface area (Å²) in [7, 11) is 0. The van der Waals surface area contributed by atoms with Crippen molar-refractivity contribution in [2.24, 2.45) is 0 Å². The Bertz CT molecular complexity index is 647. The van der Waals surface area contributed by atoms with Gasteiger partial charge in [-0.1, -0.05) is 0 Å². The predicted octanol–water partition coefficient (Wildman–Crippen LogP) is 1.73. The minimum absolute atomic E-state index is 0.0664. The van der Waals surface area contributed by atoms with Gasteiger partial charge in [-0.3, -0.25) is 10.1 Å². The lowest BCUT2D eigenvalue weighted by Gasteiger charge is -2.07. The topological polar surface area (TPSA) is 99.4 Å². The maximum Gasteiger partial charge on any atom is 0.296 e. The van der Waals surface area contributed by atoms with E-state index in [1.165, 1.54) is 12.4 Å². The Balaban J connectivity index is 1.86. The van der Waals surface area contributed by atoms with Crippen LogP contribution in [0.1, 0.15) is 5.69 Å². The van der Waals surface area contributed by atoms with E-state index in [0.717, 1.165) is 5.69 Å². The molecular formula is C12H10N4O4. The van der Waals surface area contributed by atoms with Crippen molar-refractivity contribution in [3.8, 4) is 11.5 Å². The monoisotopic (exact) mass is 274 g/mol. The van der Waals surface area contributed by atoms with Crippen molar-refractivity contribution >= 4 is 11.4 Å². The Kier molecular flexibility index (Phi) is 3.04. The van der Waals surface area contributed by atoms with Gasteiger partial charge in [0.1, 0.15) is 12.0 Å². The number of benzene rings is 1. The Labute approximate surface area is 113 Å². The molecule has 1 N–H and O–H groups in total. The zero-order valence-corrected chi connectivity index (χ0v) is 10.3. The van der Waals surface area contributed by atoms with E-state index in [-0.39, 0.29) is 12.5 Å². The number of hydrogen-bond acceptors (Lipinski definition) is 7. The van der Waals surface area contributed by atoms with Crippen LogP contribution in [-0.2, 0) is 6.54 Å². The van der Waals surface area contributed by atoms with Gasteiger partial charge in [-0.2, -0.15) is 0 Å². The van der Waals surface area contributed by atoms with Crippen molar-refractivity contribution in [3.63, 3.8) is 0 Å². The second-order valence-corrected chi connectivity index (χ2v) is 4.03. The summed E-state index contributed by atoms with van der Waals surface area (Å²) in [5.74, 6) is 0.866. The highest BCUT2D eigenvalue weighted by Crippen LogP contribution is 2.40. The van der Waals surface area contributed by atoms with Crippen molar-refractivity contribution in [3.05, 3.63) is 46.5 Å². The number of hydrogen-bond donors (Lipinski definition) is 1. The first-order valence-electron chi connectivity index (χ1n) is 5.81. The molecule has 0 spiro atoms. The number of fused-ring (bicyclic) bond motifs is 1. The fourth-order valence-corrected chi connectivity index (χ4v) is 1.83. The summed E-state index contributed by atoms with van der Waals surface area (Å²) in [5, 5.41) is 14.0. The zero-order chi connectivity index (χ0) is 13.9. The van der Waals surface area contributed by atoms with Gasteiger partial charge in [-0.25, -0.2) is 9.97 Å². The van der Waals surface area contributed by atoms with Crippen LogP contribution in [0.15, 0.2) is 30.7 Å². The summed E-state index contributed by atoms with van der Waals surface area (Å²) in [6.45, 7) is 0.421. The number of nitro groups is 1. The van der Waals surface area contributed by atoms with Gasteiger partial charge in [-0.15, -0.1) is 0 Å². The number of ether oxygens (including phenoxy) is 2. The molecular weight excluding hydrogens is 264 g/mol. The maximum atomic E-state index is 11.1. The van der Waals surface area contributed by atoms with Gasteiger partial charge in [0.2, 0.25) is 6.79 Å². The quantitative estimate of drug-likeness (QED) is 0.669. The van der Waals surface area contributed by atoms with Crippen molar-refractivity contribution in [1.29, 1.82) is 0 Å². The first-order chi connectivity index (χ1) is 9.74. The van der Waals surface area contributed by atoms with Gasteiger partial charge < -0.3 is 14.8 Å². The minimum Gasteiger partial charge on any atom is -0.454 e. The molecule has 102 valence electrons. The standard InChI is InChI=1S/C12H10N4O4/c17-16(18)10-4-12-11(19-7-20-12)3-9(10)14-5-8-1-2-13-6-15-8/h1-4,6,14H,5,7H2. The lowest BCUT2D eigenvalue weighted by molar-refractivity contribution is -0.384. The van der Waals surface area contributed by atoms with E-state index < -0.39 is 4.92 Å². The van der Waals surface area contributed by atoms with Crippen LogP contribution in [0.5, 0.6) is 11.5 Å². The summed E-state index contributed by atoms with van der Waals surface area (Å²) in [4.78, 5) is 18.5. The largest absolute Gasteiger partial charge is 0.454 e. The summed E-state index contributed by atoms with van der Waals surface area (Å²) in [6, 6.07) is 4.64. The average Bonchev–Trinajstić information content (AvgIpc) is 2.92. The van der Waals surface area contributed by atoms with E-state index in [4.69, 9.17) is 9.47 Å². The smallest absolute Gasteiger partial charge is 0.296 e. The highest BCUT2D eigenvalue weighted by Gasteiger charge is 2.23. The molecule has 8 nitrogen and oxygen atoms in total. The fourth-order valence-electron chi connectivity index (χ4n) is 1.83. The van der Waals surface area contributed by atoms with E-state index in [1.807, 2.05) is 0 Å². The molecule has 0 aliphatic carbocycles. The van der Waals surface area contributed by atoms with E-state index in [0.29, 0.717) is 23.7 Å². The number of aromatic nitrogens is 2. The van der Waals surface area contributed by atoms with Gasteiger partial charge in [0.25, 0.3) is 5.69 Å². The minimum atomic E-state index is -0.468. The van der Waals surface area contributed by atoms with Crippen molar-refractivity contribution < 1.29 is 14.4 Å². The van der Waals surface area contributed by atoms with Crippen LogP contribution in [0.4, 0.5) is 11.4 Å². The molecule has 0 radical (unpaired) electrons. The number of rotatable bonds is 4. The van der Waals surface area contributed by atoms with E-state index in [9.17, 15) is 10.1 Å². The van der Waals surface area contributed by atoms with Crippen LogP contribution in [0, 0.1) is 10.1 Å². The number of anilines is 1. The Morgan fingerprint density at radius 1 is 1.35 bits per heavy atom. The molecule has 0 amide bonds. The third kappa shape index (κ3) is 2.30. The summed E-state index contributed by atoms with van der Waals surface area (Å²) in [6.07, 6.45) is 3.03. The highest BCUT2D eigenvalue weighted by atomic mass is 16.7. The molecule has 20 heavy (non-hydrogen) atoms. The Morgan fingerprint density at radius 3 is 2.85 bits per heavy atom. The van der Waals surface area contributed by atoms with Gasteiger partial charge in [0.05, 0.1) is 23.2 Å². The molecule has 1 aliphatic heterocycles. The first kappa shape index (κ1) is 12.2. The molecule has 2 heterocycles. The van der Waals surface area contributed by atoms with Crippen LogP contribution in [0.3, 0.4) is 0 Å². The molecule has 1 aromatic heterocycles. The van der Waals surface area contributed by atoms with Gasteiger partial charge in [0.15, 0.2) is 11.5 Å². The number of nitrogens with zero attached hydrogens (tertiary/aromatic N) is 3. The lowest BCUT2D eigenvalue weighted by atomic mass is 10.2. The molecule has 0 bridgehead atoms. The van der Waals surface area contributed by atoms with Crippen LogP contribution in [-0.4, -0.2) is 21.7 Å². The summed E-state index contributed by atoms with van der Waals surface area (Å²) >= 11 is 0. The third-order valence-corrected chi connectivity index (χ3v) is 2.79. The maximum absolute atomic E-state index is 11.1. The number of nitro benzene ring substituents is 1. The second-order valence-electron chi connectivity index (χ2n) is 4.03. The van der Waals surface area contributed by atoms with E-state index in [1.54, 1.807) is 18.3 Å². The summed E-state index contributed by atoms with van der Waals surface area (Å²) < 4.78 is 10.3. The Hall–Kier alpha value is -2.90. The highest BCUT2D eigenvalue weighted by molar-refractivity contribution is 5.68. The van der Waals surface area contributed by atoms with Gasteiger partial charge >= 0.3 is 0 Å². The molecule has 0 saturated carbocycles. The average molecular weight is 274 g/mol. The SMILES string of the molecule is O=[N+]([O-])c1cc2c(cc1NCc1ccncn1)OCO2. The molecule has 1 aliphatic rings. The second kappa shape index (κ2) is 5.00. The first-order valence-corrected chi connectivity index (χ1v) is 5.81. The van der Waals surface area contributed by atoms with Gasteiger partial charge in [-0.05, 0) is 6.07 Å². The molecule has 2 aromatic rings. The molecule has 0 unspecified atom stereocenters. The molecule has 3 rings (SSSR count). The van der Waals surface area contributed by atoms with Crippen molar-refractivity contribution in [2.75, 3.05) is 12.1 Å². The Morgan fingerprint density at radius 2 is 2.15 bits per heavy atom. The normalized spacial score (nSPS) is 12.2. The van der Waals surface area contributed by atoms with E-state index in [2.05, 4.69) is 15.3 Å². The fraction of sp³-hybridized carbons (Fsp3) is 0.167. The van der Waals surface area contributed by atoms with Crippen molar-refractivity contribution in [1.82, 2.24) is 9.97 Å². The van der Waals surface area contributed by atoms with Crippen LogP contribution < -0.4 is 14.8 Å². The molecule has 8 heteroatoms. The zero-order valence-electron chi connectivity index (χ0n) is 10.3. The molecule has 1 aromatic carbocycles. The van der Waals surface area contributed by atoms with E-state index >= 15 is 0 Å². The van der Waals surface area contributed by atoms with Gasteiger partial charge in [0, 0.05) is 12.3 Å². The molecule has 0 atom stereocenters. The van der Waals surface area contributed by atoms with Crippen LogP contribution in [0.25, 0.3) is 0 Å². The predicted molar refractivity (Wildman–Crippen MR) is 68.6 cm³/mol. The van der Waals surface area contributed by atoms with Crippen molar-refractivity contribution in [2.45, 2.75) is 6.54 Å². The third-order valence-electron chi connectivity index (χ3n) is 2.79. The lowest BCUT2D eigenvalue weighted by Crippen LogP contribution is -2.04. The van der Waals surface area contributed by atoms with Crippen LogP contribution in [0.2, 0.25) is 0 Å². The van der Waals surface area contributed by atoms with Crippen LogP contribution >= 0.6 is 0 Å². The molecule has 0 saturated heterocycles.